The molecule has 6 nitrogen and oxygen atoms in total. The molecule has 0 aliphatic heterocycles. The molecule has 2 aromatic carbocycles. The van der Waals surface area contributed by atoms with Crippen molar-refractivity contribution >= 4 is 5.97 Å². The lowest BCUT2D eigenvalue weighted by Crippen LogP contribution is -2.06. The second kappa shape index (κ2) is 9.71. The van der Waals surface area contributed by atoms with E-state index in [2.05, 4.69) is 0 Å². The van der Waals surface area contributed by atoms with E-state index in [1.807, 2.05) is 30.3 Å². The van der Waals surface area contributed by atoms with E-state index in [1.165, 1.54) is 0 Å². The first-order valence-corrected chi connectivity index (χ1v) is 8.71. The van der Waals surface area contributed by atoms with Gasteiger partial charge in [0.1, 0.15) is 5.75 Å². The number of hydrogen-bond donors (Lipinski definition) is 0. The highest BCUT2D eigenvalue weighted by atomic mass is 16.5. The molecule has 0 bridgehead atoms. The van der Waals surface area contributed by atoms with E-state index in [0.717, 1.165) is 22.4 Å². The minimum absolute atomic E-state index is 0.231. The number of methoxy groups -OCH3 is 4. The molecule has 27 heavy (non-hydrogen) atoms. The Morgan fingerprint density at radius 3 is 2.15 bits per heavy atom. The van der Waals surface area contributed by atoms with Crippen LogP contribution >= 0.6 is 0 Å². The van der Waals surface area contributed by atoms with Crippen molar-refractivity contribution < 1.29 is 28.5 Å². The Hall–Kier alpha value is -2.89. The molecule has 0 saturated carbocycles. The number of aryl methyl sites for hydroxylation is 1. The third-order valence-electron chi connectivity index (χ3n) is 4.21. The minimum Gasteiger partial charge on any atom is -0.497 e. The fourth-order valence-electron chi connectivity index (χ4n) is 2.95. The van der Waals surface area contributed by atoms with Gasteiger partial charge in [0, 0.05) is 12.0 Å². The van der Waals surface area contributed by atoms with Gasteiger partial charge in [-0.15, -0.1) is 0 Å². The number of hydrogen-bond acceptors (Lipinski definition) is 6. The van der Waals surface area contributed by atoms with Gasteiger partial charge in [0.05, 0.1) is 35.0 Å². The molecule has 0 atom stereocenters. The molecule has 0 aliphatic carbocycles. The smallest absolute Gasteiger partial charge is 0.306 e. The molecule has 0 saturated heterocycles. The molecule has 0 heterocycles. The zero-order chi connectivity index (χ0) is 19.8. The normalized spacial score (nSPS) is 10.3. The van der Waals surface area contributed by atoms with Gasteiger partial charge in [-0.1, -0.05) is 6.07 Å². The molecule has 0 unspecified atom stereocenters. The standard InChI is InChI=1S/C21H26O6/c1-6-27-19(22)12-7-14-13-15(23-2)8-9-16(14)17-10-11-18(24-3)21(26-5)20(17)25-4/h8-11,13H,6-7,12H2,1-5H3. The summed E-state index contributed by atoms with van der Waals surface area (Å²) >= 11 is 0. The van der Waals surface area contributed by atoms with E-state index in [4.69, 9.17) is 23.7 Å². The Bertz CT molecular complexity index is 784. The second-order valence-corrected chi connectivity index (χ2v) is 5.71. The van der Waals surface area contributed by atoms with Crippen LogP contribution in [-0.4, -0.2) is 41.0 Å². The largest absolute Gasteiger partial charge is 0.497 e. The molecule has 2 rings (SSSR count). The average Bonchev–Trinajstić information content (AvgIpc) is 2.70. The highest BCUT2D eigenvalue weighted by Crippen LogP contribution is 2.45. The van der Waals surface area contributed by atoms with Crippen LogP contribution in [0.4, 0.5) is 0 Å². The van der Waals surface area contributed by atoms with Gasteiger partial charge in [-0.3, -0.25) is 4.79 Å². The SMILES string of the molecule is CCOC(=O)CCc1cc(OC)ccc1-c1ccc(OC)c(OC)c1OC. The van der Waals surface area contributed by atoms with Gasteiger partial charge in [-0.2, -0.15) is 0 Å². The van der Waals surface area contributed by atoms with Crippen LogP contribution in [0.1, 0.15) is 18.9 Å². The van der Waals surface area contributed by atoms with Crippen molar-refractivity contribution in [2.75, 3.05) is 35.0 Å². The quantitative estimate of drug-likeness (QED) is 0.621. The fourth-order valence-corrected chi connectivity index (χ4v) is 2.95. The van der Waals surface area contributed by atoms with Gasteiger partial charge >= 0.3 is 5.97 Å². The summed E-state index contributed by atoms with van der Waals surface area (Å²) in [6.45, 7) is 2.16. The van der Waals surface area contributed by atoms with Crippen LogP contribution in [-0.2, 0) is 16.0 Å². The first-order chi connectivity index (χ1) is 13.1. The lowest BCUT2D eigenvalue weighted by atomic mass is 9.95. The predicted octanol–water partition coefficient (Wildman–Crippen LogP) is 3.88. The second-order valence-electron chi connectivity index (χ2n) is 5.71. The molecule has 0 aliphatic rings. The number of carbonyl (C=O) groups excluding carboxylic acids is 1. The van der Waals surface area contributed by atoms with Crippen LogP contribution in [0.5, 0.6) is 23.0 Å². The lowest BCUT2D eigenvalue weighted by molar-refractivity contribution is -0.143. The Labute approximate surface area is 160 Å². The zero-order valence-electron chi connectivity index (χ0n) is 16.5. The van der Waals surface area contributed by atoms with Crippen molar-refractivity contribution in [3.63, 3.8) is 0 Å². The summed E-state index contributed by atoms with van der Waals surface area (Å²) in [5.41, 5.74) is 2.72. The fraction of sp³-hybridized carbons (Fsp3) is 0.381. The molecule has 6 heteroatoms. The average molecular weight is 374 g/mol. The van der Waals surface area contributed by atoms with Crippen molar-refractivity contribution in [2.24, 2.45) is 0 Å². The summed E-state index contributed by atoms with van der Waals surface area (Å²) < 4.78 is 26.8. The van der Waals surface area contributed by atoms with E-state index in [-0.39, 0.29) is 12.4 Å². The van der Waals surface area contributed by atoms with Crippen LogP contribution in [0.2, 0.25) is 0 Å². The molecular weight excluding hydrogens is 348 g/mol. The van der Waals surface area contributed by atoms with Gasteiger partial charge < -0.3 is 23.7 Å². The van der Waals surface area contributed by atoms with E-state index in [9.17, 15) is 4.79 Å². The summed E-state index contributed by atoms with van der Waals surface area (Å²) in [6, 6.07) is 9.49. The van der Waals surface area contributed by atoms with Gasteiger partial charge in [0.2, 0.25) is 5.75 Å². The van der Waals surface area contributed by atoms with Crippen molar-refractivity contribution in [1.82, 2.24) is 0 Å². The van der Waals surface area contributed by atoms with Crippen molar-refractivity contribution in [1.29, 1.82) is 0 Å². The maximum absolute atomic E-state index is 11.8. The van der Waals surface area contributed by atoms with Crippen molar-refractivity contribution in [3.8, 4) is 34.1 Å². The van der Waals surface area contributed by atoms with Gasteiger partial charge in [0.25, 0.3) is 0 Å². The molecule has 0 spiro atoms. The van der Waals surface area contributed by atoms with Gasteiger partial charge in [-0.05, 0) is 48.7 Å². The number of benzene rings is 2. The molecule has 0 radical (unpaired) electrons. The maximum Gasteiger partial charge on any atom is 0.306 e. The number of esters is 1. The summed E-state index contributed by atoms with van der Waals surface area (Å²) in [6.07, 6.45) is 0.798. The Morgan fingerprint density at radius 1 is 0.852 bits per heavy atom. The molecule has 2 aromatic rings. The van der Waals surface area contributed by atoms with E-state index in [0.29, 0.717) is 30.3 Å². The summed E-state index contributed by atoms with van der Waals surface area (Å²) in [5.74, 6) is 2.16. The van der Waals surface area contributed by atoms with Crippen LogP contribution < -0.4 is 18.9 Å². The Kier molecular flexibility index (Phi) is 7.34. The summed E-state index contributed by atoms with van der Waals surface area (Å²) in [7, 11) is 6.35. The van der Waals surface area contributed by atoms with Gasteiger partial charge in [-0.25, -0.2) is 0 Å². The topological polar surface area (TPSA) is 63.2 Å². The first-order valence-electron chi connectivity index (χ1n) is 8.71. The minimum atomic E-state index is -0.231. The third-order valence-corrected chi connectivity index (χ3v) is 4.21. The third kappa shape index (κ3) is 4.64. The number of carbonyl (C=O) groups is 1. The molecule has 146 valence electrons. The number of ether oxygens (including phenoxy) is 5. The molecule has 0 N–H and O–H groups in total. The summed E-state index contributed by atoms with van der Waals surface area (Å²) in [4.78, 5) is 11.8. The molecule has 0 fully saturated rings. The molecule has 0 aromatic heterocycles. The number of rotatable bonds is 9. The summed E-state index contributed by atoms with van der Waals surface area (Å²) in [5, 5.41) is 0. The van der Waals surface area contributed by atoms with Crippen molar-refractivity contribution in [3.05, 3.63) is 35.9 Å². The van der Waals surface area contributed by atoms with Crippen molar-refractivity contribution in [2.45, 2.75) is 19.8 Å². The van der Waals surface area contributed by atoms with Crippen LogP contribution in [0.25, 0.3) is 11.1 Å². The van der Waals surface area contributed by atoms with Gasteiger partial charge in [0.15, 0.2) is 11.5 Å². The van der Waals surface area contributed by atoms with E-state index < -0.39 is 0 Å². The zero-order valence-corrected chi connectivity index (χ0v) is 16.5. The predicted molar refractivity (Wildman–Crippen MR) is 103 cm³/mol. The molecule has 0 amide bonds. The first kappa shape index (κ1) is 20.4. The lowest BCUT2D eigenvalue weighted by Gasteiger charge is -2.18. The highest BCUT2D eigenvalue weighted by Gasteiger charge is 2.19. The van der Waals surface area contributed by atoms with Crippen LogP contribution in [0, 0.1) is 0 Å². The Balaban J connectivity index is 2.52. The van der Waals surface area contributed by atoms with E-state index in [1.54, 1.807) is 35.4 Å². The Morgan fingerprint density at radius 2 is 1.56 bits per heavy atom. The maximum atomic E-state index is 11.8. The monoisotopic (exact) mass is 374 g/mol. The molecular formula is C21H26O6. The highest BCUT2D eigenvalue weighted by molar-refractivity contribution is 5.79. The van der Waals surface area contributed by atoms with Crippen LogP contribution in [0.3, 0.4) is 0 Å². The van der Waals surface area contributed by atoms with Crippen LogP contribution in [0.15, 0.2) is 30.3 Å². The van der Waals surface area contributed by atoms with E-state index >= 15 is 0 Å².